The van der Waals surface area contributed by atoms with E-state index in [1.807, 2.05) is 177 Å². The van der Waals surface area contributed by atoms with E-state index in [9.17, 15) is 24.0 Å². The van der Waals surface area contributed by atoms with Crippen LogP contribution >= 0.6 is 34.6 Å². The summed E-state index contributed by atoms with van der Waals surface area (Å²) in [4.78, 5) is 65.4. The van der Waals surface area contributed by atoms with Gasteiger partial charge in [-0.1, -0.05) is 140 Å². The number of hydrogen-bond acceptors (Lipinski definition) is 15. The van der Waals surface area contributed by atoms with Crippen molar-refractivity contribution in [3.05, 3.63) is 232 Å². The van der Waals surface area contributed by atoms with Crippen LogP contribution in [0.3, 0.4) is 0 Å². The zero-order valence-corrected chi connectivity index (χ0v) is 45.3. The highest BCUT2D eigenvalue weighted by Gasteiger charge is 2.33. The molecule has 0 radical (unpaired) electrons. The molecule has 0 atom stereocenters. The monoisotopic (exact) mass is 1130 g/mol. The lowest BCUT2D eigenvalue weighted by Crippen LogP contribution is -2.17. The second-order valence-electron chi connectivity index (χ2n) is 19.6. The van der Waals surface area contributed by atoms with Crippen LogP contribution in [-0.4, -0.2) is 61.4 Å². The summed E-state index contributed by atoms with van der Waals surface area (Å²) in [6, 6.07) is 56.2. The van der Waals surface area contributed by atoms with Gasteiger partial charge in [-0.2, -0.15) is 13.1 Å². The van der Waals surface area contributed by atoms with Crippen molar-refractivity contribution in [1.29, 1.82) is 0 Å². The Labute approximate surface area is 480 Å². The lowest BCUT2D eigenvalue weighted by Gasteiger charge is -2.22. The molecule has 0 saturated heterocycles. The van der Waals surface area contributed by atoms with Crippen molar-refractivity contribution in [1.82, 2.24) is 18.3 Å². The lowest BCUT2D eigenvalue weighted by molar-refractivity contribution is 0.102. The first-order valence-electron chi connectivity index (χ1n) is 25.6. The van der Waals surface area contributed by atoms with E-state index in [1.54, 1.807) is 24.3 Å². The van der Waals surface area contributed by atoms with Gasteiger partial charge in [0.05, 0.1) is 58.9 Å². The molecule has 13 nitrogen and oxygen atoms in total. The van der Waals surface area contributed by atoms with Gasteiger partial charge in [-0.05, 0) is 89.2 Å². The Morgan fingerprint density at radius 2 is 0.902 bits per heavy atom. The number of nitrogens with zero attached hydrogens (tertiary/aromatic N) is 5. The Morgan fingerprint density at radius 3 is 1.54 bits per heavy atom. The number of carbonyl (C=O) groups excluding carboxylic acids is 5. The molecule has 17 rings (SSSR count). The third-order valence-corrected chi connectivity index (χ3v) is 17.3. The maximum Gasteiger partial charge on any atom is 0.255 e. The molecule has 1 amide bonds. The summed E-state index contributed by atoms with van der Waals surface area (Å²) >= 11 is 4.23. The van der Waals surface area contributed by atoms with E-state index in [0.717, 1.165) is 97.5 Å². The number of ketones is 4. The summed E-state index contributed by atoms with van der Waals surface area (Å²) in [5, 5.41) is 10.5. The number of benzene rings is 9. The number of amides is 1. The molecular formula is C66H43N7O6S3. The van der Waals surface area contributed by atoms with Crippen LogP contribution in [0.2, 0.25) is 0 Å². The molecule has 4 aliphatic rings. The van der Waals surface area contributed by atoms with Crippen molar-refractivity contribution in [2.75, 3.05) is 30.0 Å². The van der Waals surface area contributed by atoms with E-state index in [1.165, 1.54) is 34.6 Å². The maximum absolute atomic E-state index is 13.2. The maximum atomic E-state index is 13.2. The minimum absolute atomic E-state index is 0. The molecular weight excluding hydrogens is 1080 g/mol. The Hall–Kier alpha value is -10.1. The molecule has 82 heavy (non-hydrogen) atoms. The van der Waals surface area contributed by atoms with Crippen LogP contribution in [-0.2, 0) is 0 Å². The van der Waals surface area contributed by atoms with E-state index in [0.29, 0.717) is 55.9 Å². The molecule has 13 aromatic rings. The summed E-state index contributed by atoms with van der Waals surface area (Å²) < 4.78 is 21.9. The van der Waals surface area contributed by atoms with Gasteiger partial charge in [0.25, 0.3) is 5.91 Å². The van der Waals surface area contributed by atoms with Crippen LogP contribution < -0.4 is 16.0 Å². The van der Waals surface area contributed by atoms with Crippen LogP contribution in [0, 0.1) is 0 Å². The highest BCUT2D eigenvalue weighted by molar-refractivity contribution is 7.14. The molecule has 0 bridgehead atoms. The summed E-state index contributed by atoms with van der Waals surface area (Å²) in [7, 11) is 3.92. The number of hydrogen-bond donors (Lipinski definition) is 2. The second kappa shape index (κ2) is 20.2. The molecule has 16 heteroatoms. The Bertz CT molecular complexity index is 4860. The molecule has 0 saturated carbocycles. The standard InChI is InChI=1S/C21H12N2O2S.C16H12N2OS.C14H8N2OS.C14H7NO2.CH4/c24-20-14-9-5-4-8-13(14)19-18-16(26-23-19)11-10-15(17(18)20)22-21(25)12-6-2-1-3-7-12;1-18(2)11-7-3-5-9-13(11)16(19)10-6-4-8-12-14(10)15(9)17-20-12;15-9-5-6-10-12-11(9)14(17)8-4-2-1-3-7(8)13(12)16-18-10;16-14-9-5-2-1-4-8(9)13-12-10(14)6-3-7-11(12)17-15-13;/h1-11H,(H,22,25);3-8H,1-2H3;1-6H,15H2;1-7H;1H4. The van der Waals surface area contributed by atoms with E-state index in [-0.39, 0.29) is 36.5 Å². The van der Waals surface area contributed by atoms with Gasteiger partial charge in [0.2, 0.25) is 0 Å². The minimum atomic E-state index is -0.238. The summed E-state index contributed by atoms with van der Waals surface area (Å²) in [5.74, 6) is -0.175. The topological polar surface area (TPSA) is 191 Å². The van der Waals surface area contributed by atoms with Gasteiger partial charge in [-0.15, -0.1) is 0 Å². The van der Waals surface area contributed by atoms with Gasteiger partial charge in [0, 0.05) is 97.3 Å². The van der Waals surface area contributed by atoms with Crippen LogP contribution in [0.25, 0.3) is 86.3 Å². The smallest absolute Gasteiger partial charge is 0.255 e. The first-order chi connectivity index (χ1) is 39.5. The zero-order chi connectivity index (χ0) is 55.2. The Morgan fingerprint density at radius 1 is 0.439 bits per heavy atom. The van der Waals surface area contributed by atoms with Gasteiger partial charge in [-0.25, -0.2) is 0 Å². The van der Waals surface area contributed by atoms with Crippen molar-refractivity contribution >= 4 is 122 Å². The van der Waals surface area contributed by atoms with Crippen molar-refractivity contribution < 1.29 is 28.5 Å². The number of nitrogens with two attached hydrogens (primary N) is 1. The largest absolute Gasteiger partial charge is 0.398 e. The van der Waals surface area contributed by atoms with Gasteiger partial charge >= 0.3 is 0 Å². The fourth-order valence-electron chi connectivity index (χ4n) is 11.1. The second-order valence-corrected chi connectivity index (χ2v) is 22.0. The van der Waals surface area contributed by atoms with Crippen molar-refractivity contribution in [2.24, 2.45) is 0 Å². The molecule has 0 spiro atoms. The SMILES string of the molecule is C.CN(C)c1cccc2c1C(=O)c1cccc3snc-2c13.Nc1ccc2snc3c2c1C(=O)c1ccccc1-3.O=C(Nc1ccc2snc3c2c1C(=O)c1ccccc1-3)c1ccccc1.O=C1c2ccccc2-c2noc3cccc1c23. The number of rotatable bonds is 3. The van der Waals surface area contributed by atoms with Crippen LogP contribution in [0.1, 0.15) is 81.5 Å². The first-order valence-corrected chi connectivity index (χ1v) is 27.9. The van der Waals surface area contributed by atoms with Crippen molar-refractivity contribution in [3.8, 4) is 45.0 Å². The lowest BCUT2D eigenvalue weighted by atomic mass is 9.86. The number of anilines is 3. The molecule has 396 valence electrons. The van der Waals surface area contributed by atoms with Crippen LogP contribution in [0.4, 0.5) is 17.1 Å². The fraction of sp³-hybridized carbons (Fsp3) is 0.0455. The predicted molar refractivity (Wildman–Crippen MR) is 328 cm³/mol. The highest BCUT2D eigenvalue weighted by atomic mass is 32.1. The normalized spacial score (nSPS) is 12.4. The summed E-state index contributed by atoms with van der Waals surface area (Å²) in [6.45, 7) is 0. The third kappa shape index (κ3) is 8.05. The quantitative estimate of drug-likeness (QED) is 0.159. The first kappa shape index (κ1) is 51.3. The number of fused-ring (bicyclic) bond motifs is 8. The van der Waals surface area contributed by atoms with E-state index >= 15 is 0 Å². The van der Waals surface area contributed by atoms with Gasteiger partial charge in [0.1, 0.15) is 5.69 Å². The average Bonchev–Trinajstić information content (AvgIpc) is 4.52. The van der Waals surface area contributed by atoms with E-state index < -0.39 is 0 Å². The molecule has 9 aromatic carbocycles. The predicted octanol–water partition coefficient (Wildman–Crippen LogP) is 15.1. The molecule has 4 aromatic heterocycles. The highest BCUT2D eigenvalue weighted by Crippen LogP contribution is 2.46. The molecule has 4 heterocycles. The molecule has 3 N–H and O–H groups in total. The van der Waals surface area contributed by atoms with Gasteiger partial charge in [0.15, 0.2) is 28.7 Å². The molecule has 0 unspecified atom stereocenters. The number of nitrogen functional groups attached to an aromatic ring is 1. The number of carbonyl (C=O) groups is 5. The summed E-state index contributed by atoms with van der Waals surface area (Å²) in [5.41, 5.74) is 21.5. The zero-order valence-electron chi connectivity index (χ0n) is 42.8. The Balaban J connectivity index is 0.000000104. The summed E-state index contributed by atoms with van der Waals surface area (Å²) in [6.07, 6.45) is 0. The minimum Gasteiger partial charge on any atom is -0.398 e. The van der Waals surface area contributed by atoms with Crippen molar-refractivity contribution in [2.45, 2.75) is 7.43 Å². The van der Waals surface area contributed by atoms with Gasteiger partial charge < -0.3 is 20.5 Å². The van der Waals surface area contributed by atoms with Crippen LogP contribution in [0.15, 0.2) is 187 Å². The Kier molecular flexibility index (Phi) is 12.6. The van der Waals surface area contributed by atoms with Crippen LogP contribution in [0.5, 0.6) is 0 Å². The fourth-order valence-corrected chi connectivity index (χ4v) is 13.5. The third-order valence-electron chi connectivity index (χ3n) is 14.8. The average molecular weight is 1130 g/mol. The van der Waals surface area contributed by atoms with Gasteiger partial charge in [-0.3, -0.25) is 24.0 Å². The molecule has 4 aliphatic carbocycles. The van der Waals surface area contributed by atoms with Crippen molar-refractivity contribution in [3.63, 3.8) is 0 Å². The number of nitrogens with one attached hydrogen (secondary N) is 1. The number of aromatic nitrogens is 4. The molecule has 0 fully saturated rings. The molecule has 0 aliphatic heterocycles. The van der Waals surface area contributed by atoms with E-state index in [2.05, 4.69) is 23.6 Å². The van der Waals surface area contributed by atoms with E-state index in [4.69, 9.17) is 10.3 Å².